The van der Waals surface area contributed by atoms with Crippen LogP contribution in [0.2, 0.25) is 0 Å². The summed E-state index contributed by atoms with van der Waals surface area (Å²) in [6.45, 7) is 8.11. The van der Waals surface area contributed by atoms with E-state index in [1.807, 2.05) is 32.9 Å². The largest absolute Gasteiger partial charge is 0.480 e. The lowest BCUT2D eigenvalue weighted by molar-refractivity contribution is -0.128. The third-order valence-electron chi connectivity index (χ3n) is 5.47. The molecule has 0 heterocycles. The molecule has 2 aromatic carbocycles. The van der Waals surface area contributed by atoms with Crippen LogP contribution in [-0.4, -0.2) is 12.0 Å². The quantitative estimate of drug-likeness (QED) is 0.810. The maximum Gasteiger partial charge on any atom is 0.261 e. The first kappa shape index (κ1) is 18.5. The molecule has 0 aliphatic heterocycles. The van der Waals surface area contributed by atoms with Gasteiger partial charge in [-0.15, -0.1) is 0 Å². The standard InChI is InChI=1S/C23H29NO2/c1-5-21(26-22-11-6-8-15(2)16(22)3)23(25)24-17(4)19-13-12-18-9-7-10-20(18)14-19/h6,8,11-14,17,21H,5,7,9-10H2,1-4H3,(H,24,25)/t17-,21+/m1/s1. The van der Waals surface area contributed by atoms with Crippen molar-refractivity contribution in [1.82, 2.24) is 5.32 Å². The van der Waals surface area contributed by atoms with Gasteiger partial charge in [-0.25, -0.2) is 0 Å². The molecule has 1 aliphatic rings. The molecule has 0 bridgehead atoms. The van der Waals surface area contributed by atoms with E-state index in [0.29, 0.717) is 6.42 Å². The van der Waals surface area contributed by atoms with Crippen LogP contribution in [0.5, 0.6) is 5.75 Å². The molecule has 3 heteroatoms. The van der Waals surface area contributed by atoms with Crippen LogP contribution in [0.3, 0.4) is 0 Å². The summed E-state index contributed by atoms with van der Waals surface area (Å²) in [6.07, 6.45) is 3.72. The maximum atomic E-state index is 12.8. The highest BCUT2D eigenvalue weighted by atomic mass is 16.5. The predicted molar refractivity (Wildman–Crippen MR) is 106 cm³/mol. The number of hydrogen-bond donors (Lipinski definition) is 1. The maximum absolute atomic E-state index is 12.8. The molecule has 0 radical (unpaired) electrons. The third kappa shape index (κ3) is 3.92. The number of amides is 1. The minimum Gasteiger partial charge on any atom is -0.480 e. The molecule has 0 saturated carbocycles. The lowest BCUT2D eigenvalue weighted by Gasteiger charge is -2.22. The fourth-order valence-corrected chi connectivity index (χ4v) is 3.58. The summed E-state index contributed by atoms with van der Waals surface area (Å²) in [7, 11) is 0. The monoisotopic (exact) mass is 351 g/mol. The fraction of sp³-hybridized carbons (Fsp3) is 0.435. The Morgan fingerprint density at radius 3 is 2.69 bits per heavy atom. The Morgan fingerprint density at radius 2 is 1.92 bits per heavy atom. The molecule has 26 heavy (non-hydrogen) atoms. The molecule has 0 unspecified atom stereocenters. The van der Waals surface area contributed by atoms with E-state index in [-0.39, 0.29) is 11.9 Å². The molecule has 1 amide bonds. The summed E-state index contributed by atoms with van der Waals surface area (Å²) in [5, 5.41) is 3.13. The van der Waals surface area contributed by atoms with E-state index in [4.69, 9.17) is 4.74 Å². The third-order valence-corrected chi connectivity index (χ3v) is 5.47. The highest BCUT2D eigenvalue weighted by Crippen LogP contribution is 2.26. The van der Waals surface area contributed by atoms with Crippen molar-refractivity contribution in [1.29, 1.82) is 0 Å². The van der Waals surface area contributed by atoms with Gasteiger partial charge >= 0.3 is 0 Å². The second kappa shape index (κ2) is 7.94. The van der Waals surface area contributed by atoms with Crippen LogP contribution in [0.1, 0.15) is 60.5 Å². The van der Waals surface area contributed by atoms with E-state index < -0.39 is 6.10 Å². The number of carbonyl (C=O) groups is 1. The molecule has 0 spiro atoms. The minimum atomic E-state index is -0.479. The molecular weight excluding hydrogens is 322 g/mol. The predicted octanol–water partition coefficient (Wildman–Crippen LogP) is 4.83. The van der Waals surface area contributed by atoms with Crippen molar-refractivity contribution in [2.45, 2.75) is 65.5 Å². The number of nitrogens with one attached hydrogen (secondary N) is 1. The Kier molecular flexibility index (Phi) is 5.65. The van der Waals surface area contributed by atoms with Crippen LogP contribution < -0.4 is 10.1 Å². The number of fused-ring (bicyclic) bond motifs is 1. The van der Waals surface area contributed by atoms with Crippen LogP contribution in [-0.2, 0) is 17.6 Å². The highest BCUT2D eigenvalue weighted by molar-refractivity contribution is 5.81. The molecule has 1 N–H and O–H groups in total. The van der Waals surface area contributed by atoms with Crippen molar-refractivity contribution in [3.63, 3.8) is 0 Å². The smallest absolute Gasteiger partial charge is 0.261 e. The van der Waals surface area contributed by atoms with Gasteiger partial charge in [0.15, 0.2) is 6.10 Å². The average molecular weight is 351 g/mol. The van der Waals surface area contributed by atoms with Gasteiger partial charge in [0.2, 0.25) is 0 Å². The number of rotatable bonds is 6. The zero-order valence-electron chi connectivity index (χ0n) is 16.3. The Morgan fingerprint density at radius 1 is 1.15 bits per heavy atom. The second-order valence-corrected chi connectivity index (χ2v) is 7.32. The van der Waals surface area contributed by atoms with E-state index in [1.165, 1.54) is 35.1 Å². The van der Waals surface area contributed by atoms with Gasteiger partial charge in [0.25, 0.3) is 5.91 Å². The van der Waals surface area contributed by atoms with Gasteiger partial charge in [0, 0.05) is 0 Å². The highest BCUT2D eigenvalue weighted by Gasteiger charge is 2.22. The SMILES string of the molecule is CC[C@H](Oc1cccc(C)c1C)C(=O)N[C@H](C)c1ccc2c(c1)CCC2. The zero-order chi connectivity index (χ0) is 18.7. The molecule has 1 aliphatic carbocycles. The van der Waals surface area contributed by atoms with E-state index in [1.54, 1.807) is 0 Å². The Labute approximate surface area is 156 Å². The van der Waals surface area contributed by atoms with Crippen LogP contribution in [0.15, 0.2) is 36.4 Å². The molecule has 2 atom stereocenters. The zero-order valence-corrected chi connectivity index (χ0v) is 16.3. The summed E-state index contributed by atoms with van der Waals surface area (Å²) in [4.78, 5) is 12.8. The average Bonchev–Trinajstić information content (AvgIpc) is 3.10. The first-order valence-electron chi connectivity index (χ1n) is 9.64. The number of ether oxygens (including phenoxy) is 1. The van der Waals surface area contributed by atoms with Gasteiger partial charge < -0.3 is 10.1 Å². The molecule has 3 nitrogen and oxygen atoms in total. The molecule has 0 aromatic heterocycles. The molecule has 2 aromatic rings. The normalized spacial score (nSPS) is 15.2. The van der Waals surface area contributed by atoms with Crippen LogP contribution in [0, 0.1) is 13.8 Å². The fourth-order valence-electron chi connectivity index (χ4n) is 3.58. The number of hydrogen-bond acceptors (Lipinski definition) is 2. The van der Waals surface area contributed by atoms with E-state index in [2.05, 4.69) is 36.5 Å². The summed E-state index contributed by atoms with van der Waals surface area (Å²) in [5.41, 5.74) is 6.31. The molecular formula is C23H29NO2. The Bertz CT molecular complexity index is 797. The van der Waals surface area contributed by atoms with Crippen LogP contribution in [0.25, 0.3) is 0 Å². The number of benzene rings is 2. The van der Waals surface area contributed by atoms with Gasteiger partial charge in [0.1, 0.15) is 5.75 Å². The second-order valence-electron chi connectivity index (χ2n) is 7.32. The summed E-state index contributed by atoms with van der Waals surface area (Å²) >= 11 is 0. The van der Waals surface area contributed by atoms with E-state index in [0.717, 1.165) is 17.7 Å². The van der Waals surface area contributed by atoms with Crippen molar-refractivity contribution in [3.8, 4) is 5.75 Å². The van der Waals surface area contributed by atoms with Crippen molar-refractivity contribution in [2.75, 3.05) is 0 Å². The van der Waals surface area contributed by atoms with Crippen LogP contribution >= 0.6 is 0 Å². The number of carbonyl (C=O) groups excluding carboxylic acids is 1. The van der Waals surface area contributed by atoms with E-state index in [9.17, 15) is 4.79 Å². The molecule has 0 fully saturated rings. The summed E-state index contributed by atoms with van der Waals surface area (Å²) in [5.74, 6) is 0.735. The molecule has 0 saturated heterocycles. The van der Waals surface area contributed by atoms with Crippen molar-refractivity contribution < 1.29 is 9.53 Å². The Hall–Kier alpha value is -2.29. The van der Waals surface area contributed by atoms with Crippen molar-refractivity contribution >= 4 is 5.91 Å². The van der Waals surface area contributed by atoms with E-state index >= 15 is 0 Å². The summed E-state index contributed by atoms with van der Waals surface area (Å²) in [6, 6.07) is 12.5. The van der Waals surface area contributed by atoms with Crippen LogP contribution in [0.4, 0.5) is 0 Å². The first-order valence-corrected chi connectivity index (χ1v) is 9.64. The van der Waals surface area contributed by atoms with Gasteiger partial charge in [-0.2, -0.15) is 0 Å². The van der Waals surface area contributed by atoms with Crippen molar-refractivity contribution in [3.05, 3.63) is 64.2 Å². The van der Waals surface area contributed by atoms with Gasteiger partial charge in [-0.1, -0.05) is 37.3 Å². The van der Waals surface area contributed by atoms with Crippen molar-refractivity contribution in [2.24, 2.45) is 0 Å². The minimum absolute atomic E-state index is 0.0235. The topological polar surface area (TPSA) is 38.3 Å². The lowest BCUT2D eigenvalue weighted by atomic mass is 10.0. The summed E-state index contributed by atoms with van der Waals surface area (Å²) < 4.78 is 6.04. The van der Waals surface area contributed by atoms with Gasteiger partial charge in [0.05, 0.1) is 6.04 Å². The van der Waals surface area contributed by atoms with Gasteiger partial charge in [-0.05, 0) is 80.3 Å². The Balaban J connectivity index is 1.68. The number of aryl methyl sites for hydroxylation is 3. The first-order chi connectivity index (χ1) is 12.5. The van der Waals surface area contributed by atoms with Gasteiger partial charge in [-0.3, -0.25) is 4.79 Å². The lowest BCUT2D eigenvalue weighted by Crippen LogP contribution is -2.39. The molecule has 138 valence electrons. The molecule has 3 rings (SSSR count).